The number of hydrogen-bond donors (Lipinski definition) is 1. The van der Waals surface area contributed by atoms with Gasteiger partial charge in [0.2, 0.25) is 0 Å². The molecular formula is C16H25N3O2. The van der Waals surface area contributed by atoms with Gasteiger partial charge in [-0.3, -0.25) is 4.79 Å². The minimum atomic E-state index is -0.103. The number of ketones is 1. The third-order valence-corrected chi connectivity index (χ3v) is 3.14. The number of urea groups is 1. The summed E-state index contributed by atoms with van der Waals surface area (Å²) in [4.78, 5) is 27.3. The SMILES string of the molecule is CCCN(CCN(C)C)C(=O)Nc1ccc(C(C)=O)cc1. The normalized spacial score (nSPS) is 10.5. The van der Waals surface area contributed by atoms with E-state index in [1.165, 1.54) is 6.92 Å². The lowest BCUT2D eigenvalue weighted by molar-refractivity contribution is 0.101. The smallest absolute Gasteiger partial charge is 0.321 e. The first-order chi connectivity index (χ1) is 9.93. The van der Waals surface area contributed by atoms with Gasteiger partial charge in [0.1, 0.15) is 0 Å². The summed E-state index contributed by atoms with van der Waals surface area (Å²) in [6, 6.07) is 6.86. The Balaban J connectivity index is 2.65. The van der Waals surface area contributed by atoms with Gasteiger partial charge in [-0.25, -0.2) is 4.79 Å². The molecular weight excluding hydrogens is 266 g/mol. The van der Waals surface area contributed by atoms with Crippen molar-refractivity contribution in [1.82, 2.24) is 9.80 Å². The molecule has 0 unspecified atom stereocenters. The summed E-state index contributed by atoms with van der Waals surface area (Å²) in [5.74, 6) is 0.0199. The topological polar surface area (TPSA) is 52.6 Å². The molecule has 0 atom stereocenters. The molecule has 5 nitrogen and oxygen atoms in total. The number of carbonyl (C=O) groups is 2. The molecule has 21 heavy (non-hydrogen) atoms. The highest BCUT2D eigenvalue weighted by molar-refractivity contribution is 5.95. The summed E-state index contributed by atoms with van der Waals surface area (Å²) in [6.45, 7) is 5.83. The largest absolute Gasteiger partial charge is 0.323 e. The fourth-order valence-corrected chi connectivity index (χ4v) is 1.90. The zero-order chi connectivity index (χ0) is 15.8. The van der Waals surface area contributed by atoms with Crippen molar-refractivity contribution in [1.29, 1.82) is 0 Å². The predicted molar refractivity (Wildman–Crippen MR) is 85.9 cm³/mol. The fourth-order valence-electron chi connectivity index (χ4n) is 1.90. The van der Waals surface area contributed by atoms with Gasteiger partial charge in [0.25, 0.3) is 0 Å². The Morgan fingerprint density at radius 1 is 1.05 bits per heavy atom. The van der Waals surface area contributed by atoms with E-state index in [-0.39, 0.29) is 11.8 Å². The van der Waals surface area contributed by atoms with E-state index in [1.807, 2.05) is 14.1 Å². The molecule has 1 aromatic carbocycles. The Labute approximate surface area is 126 Å². The Kier molecular flexibility index (Phi) is 6.88. The lowest BCUT2D eigenvalue weighted by Crippen LogP contribution is -2.39. The zero-order valence-corrected chi connectivity index (χ0v) is 13.3. The van der Waals surface area contributed by atoms with Crippen molar-refractivity contribution in [3.63, 3.8) is 0 Å². The number of Topliss-reactive ketones (excluding diaryl/α,β-unsaturated/α-hetero) is 1. The number of benzene rings is 1. The maximum absolute atomic E-state index is 12.3. The van der Waals surface area contributed by atoms with Crippen molar-refractivity contribution < 1.29 is 9.59 Å². The van der Waals surface area contributed by atoms with Gasteiger partial charge < -0.3 is 15.1 Å². The molecule has 0 aromatic heterocycles. The highest BCUT2D eigenvalue weighted by atomic mass is 16.2. The molecule has 1 rings (SSSR count). The molecule has 0 spiro atoms. The summed E-state index contributed by atoms with van der Waals surface area (Å²) < 4.78 is 0. The van der Waals surface area contributed by atoms with Gasteiger partial charge in [-0.1, -0.05) is 6.92 Å². The van der Waals surface area contributed by atoms with Gasteiger partial charge in [0, 0.05) is 30.9 Å². The van der Waals surface area contributed by atoms with Gasteiger partial charge in [-0.05, 0) is 51.7 Å². The van der Waals surface area contributed by atoms with E-state index >= 15 is 0 Å². The van der Waals surface area contributed by atoms with Crippen molar-refractivity contribution in [3.8, 4) is 0 Å². The van der Waals surface area contributed by atoms with Crippen LogP contribution in [0.25, 0.3) is 0 Å². The summed E-state index contributed by atoms with van der Waals surface area (Å²) >= 11 is 0. The molecule has 0 aliphatic heterocycles. The van der Waals surface area contributed by atoms with E-state index in [9.17, 15) is 9.59 Å². The van der Waals surface area contributed by atoms with Gasteiger partial charge in [0.05, 0.1) is 0 Å². The van der Waals surface area contributed by atoms with E-state index in [4.69, 9.17) is 0 Å². The van der Waals surface area contributed by atoms with Crippen LogP contribution in [0.5, 0.6) is 0 Å². The number of likely N-dealkylation sites (N-methyl/N-ethyl adjacent to an activating group) is 1. The number of hydrogen-bond acceptors (Lipinski definition) is 3. The number of carbonyl (C=O) groups excluding carboxylic acids is 2. The van der Waals surface area contributed by atoms with E-state index in [1.54, 1.807) is 29.2 Å². The quantitative estimate of drug-likeness (QED) is 0.786. The van der Waals surface area contributed by atoms with Crippen molar-refractivity contribution in [2.24, 2.45) is 0 Å². The molecule has 0 aliphatic carbocycles. The lowest BCUT2D eigenvalue weighted by Gasteiger charge is -2.24. The molecule has 5 heteroatoms. The highest BCUT2D eigenvalue weighted by Gasteiger charge is 2.12. The number of nitrogens with one attached hydrogen (secondary N) is 1. The van der Waals surface area contributed by atoms with Crippen LogP contribution in [-0.2, 0) is 0 Å². The van der Waals surface area contributed by atoms with Crippen LogP contribution in [0.1, 0.15) is 30.6 Å². The first-order valence-electron chi connectivity index (χ1n) is 7.25. The maximum Gasteiger partial charge on any atom is 0.321 e. The monoisotopic (exact) mass is 291 g/mol. The number of amides is 2. The summed E-state index contributed by atoms with van der Waals surface area (Å²) in [7, 11) is 3.98. The average molecular weight is 291 g/mol. The predicted octanol–water partition coefficient (Wildman–Crippen LogP) is 2.69. The Bertz CT molecular complexity index is 469. The van der Waals surface area contributed by atoms with Crippen LogP contribution in [0, 0.1) is 0 Å². The van der Waals surface area contributed by atoms with Crippen molar-refractivity contribution >= 4 is 17.5 Å². The molecule has 1 N–H and O–H groups in total. The minimum Gasteiger partial charge on any atom is -0.323 e. The van der Waals surface area contributed by atoms with Gasteiger partial charge >= 0.3 is 6.03 Å². The molecule has 2 amide bonds. The van der Waals surface area contributed by atoms with E-state index < -0.39 is 0 Å². The van der Waals surface area contributed by atoms with E-state index in [0.29, 0.717) is 17.8 Å². The molecule has 0 saturated heterocycles. The molecule has 116 valence electrons. The second-order valence-corrected chi connectivity index (χ2v) is 5.35. The first kappa shape index (κ1) is 17.2. The highest BCUT2D eigenvalue weighted by Crippen LogP contribution is 2.11. The number of nitrogens with zero attached hydrogens (tertiary/aromatic N) is 2. The molecule has 0 saturated carbocycles. The molecule has 0 heterocycles. The average Bonchev–Trinajstić information content (AvgIpc) is 2.43. The second-order valence-electron chi connectivity index (χ2n) is 5.35. The Morgan fingerprint density at radius 3 is 2.14 bits per heavy atom. The summed E-state index contributed by atoms with van der Waals surface area (Å²) in [6.07, 6.45) is 0.921. The van der Waals surface area contributed by atoms with Crippen LogP contribution < -0.4 is 5.32 Å². The third-order valence-electron chi connectivity index (χ3n) is 3.14. The third kappa shape index (κ3) is 5.95. The molecule has 1 aromatic rings. The minimum absolute atomic E-state index is 0.0199. The van der Waals surface area contributed by atoms with Crippen LogP contribution in [0.4, 0.5) is 10.5 Å². The molecule has 0 aliphatic rings. The summed E-state index contributed by atoms with van der Waals surface area (Å²) in [5.41, 5.74) is 1.35. The Hall–Kier alpha value is -1.88. The maximum atomic E-state index is 12.3. The van der Waals surface area contributed by atoms with Crippen LogP contribution in [0.15, 0.2) is 24.3 Å². The van der Waals surface area contributed by atoms with E-state index in [0.717, 1.165) is 19.5 Å². The standard InChI is InChI=1S/C16H25N3O2/c1-5-10-19(12-11-18(3)4)16(21)17-15-8-6-14(7-9-15)13(2)20/h6-9H,5,10-12H2,1-4H3,(H,17,21). The fraction of sp³-hybridized carbons (Fsp3) is 0.500. The first-order valence-corrected chi connectivity index (χ1v) is 7.25. The van der Waals surface area contributed by atoms with Crippen LogP contribution in [0.2, 0.25) is 0 Å². The number of anilines is 1. The van der Waals surface area contributed by atoms with Crippen LogP contribution in [-0.4, -0.2) is 55.3 Å². The van der Waals surface area contributed by atoms with Crippen LogP contribution in [0.3, 0.4) is 0 Å². The van der Waals surface area contributed by atoms with Crippen molar-refractivity contribution in [3.05, 3.63) is 29.8 Å². The van der Waals surface area contributed by atoms with Crippen LogP contribution >= 0.6 is 0 Å². The number of rotatable bonds is 7. The molecule has 0 bridgehead atoms. The van der Waals surface area contributed by atoms with Crippen molar-refractivity contribution in [2.45, 2.75) is 20.3 Å². The summed E-state index contributed by atoms with van der Waals surface area (Å²) in [5, 5.41) is 2.87. The van der Waals surface area contributed by atoms with E-state index in [2.05, 4.69) is 17.1 Å². The Morgan fingerprint density at radius 2 is 1.67 bits per heavy atom. The second kappa shape index (κ2) is 8.42. The zero-order valence-electron chi connectivity index (χ0n) is 13.3. The van der Waals surface area contributed by atoms with Gasteiger partial charge in [-0.2, -0.15) is 0 Å². The lowest BCUT2D eigenvalue weighted by atomic mass is 10.1. The molecule has 0 fully saturated rings. The van der Waals surface area contributed by atoms with Crippen molar-refractivity contribution in [2.75, 3.05) is 39.0 Å². The van der Waals surface area contributed by atoms with Gasteiger partial charge in [-0.15, -0.1) is 0 Å². The van der Waals surface area contributed by atoms with Gasteiger partial charge in [0.15, 0.2) is 5.78 Å². The molecule has 0 radical (unpaired) electrons.